The number of para-hydroxylation sites is 1. The van der Waals surface area contributed by atoms with Gasteiger partial charge in [-0.1, -0.05) is 32.0 Å². The van der Waals surface area contributed by atoms with Gasteiger partial charge < -0.3 is 10.1 Å². The standard InChI is InChI=1S/C16H23NO2/c1-11(2)8-12(3)19-16(18)14-9-13-6-4-5-7-15(13)17-10-14/h4-7,11-12,14,17H,8-10H2,1-3H3. The van der Waals surface area contributed by atoms with E-state index >= 15 is 0 Å². The molecule has 0 saturated heterocycles. The van der Waals surface area contributed by atoms with E-state index in [4.69, 9.17) is 4.74 Å². The van der Waals surface area contributed by atoms with Gasteiger partial charge in [-0.25, -0.2) is 0 Å². The highest BCUT2D eigenvalue weighted by Gasteiger charge is 2.26. The Labute approximate surface area is 115 Å². The van der Waals surface area contributed by atoms with Crippen LogP contribution in [-0.4, -0.2) is 18.6 Å². The third-order valence-corrected chi connectivity index (χ3v) is 3.48. The Morgan fingerprint density at radius 2 is 2.11 bits per heavy atom. The van der Waals surface area contributed by atoms with Crippen molar-refractivity contribution in [1.29, 1.82) is 0 Å². The highest BCUT2D eigenvalue weighted by Crippen LogP contribution is 2.25. The third kappa shape index (κ3) is 3.72. The van der Waals surface area contributed by atoms with Crippen LogP contribution in [0.15, 0.2) is 24.3 Å². The molecule has 0 aliphatic carbocycles. The number of esters is 1. The number of ether oxygens (including phenoxy) is 1. The summed E-state index contributed by atoms with van der Waals surface area (Å²) in [5, 5.41) is 3.31. The molecule has 1 N–H and O–H groups in total. The van der Waals surface area contributed by atoms with Gasteiger partial charge in [0, 0.05) is 12.2 Å². The molecule has 0 radical (unpaired) electrons. The van der Waals surface area contributed by atoms with Crippen LogP contribution in [0.4, 0.5) is 5.69 Å². The molecule has 0 fully saturated rings. The van der Waals surface area contributed by atoms with Crippen molar-refractivity contribution in [2.75, 3.05) is 11.9 Å². The maximum absolute atomic E-state index is 12.1. The zero-order chi connectivity index (χ0) is 13.8. The molecule has 19 heavy (non-hydrogen) atoms. The van der Waals surface area contributed by atoms with Crippen LogP contribution in [0.1, 0.15) is 32.8 Å². The van der Waals surface area contributed by atoms with Crippen molar-refractivity contribution >= 4 is 11.7 Å². The molecular formula is C16H23NO2. The molecule has 3 heteroatoms. The van der Waals surface area contributed by atoms with Crippen LogP contribution in [-0.2, 0) is 16.0 Å². The van der Waals surface area contributed by atoms with Crippen LogP contribution >= 0.6 is 0 Å². The van der Waals surface area contributed by atoms with Gasteiger partial charge in [0.2, 0.25) is 0 Å². The van der Waals surface area contributed by atoms with E-state index in [9.17, 15) is 4.79 Å². The summed E-state index contributed by atoms with van der Waals surface area (Å²) in [4.78, 5) is 12.1. The second-order valence-electron chi connectivity index (χ2n) is 5.82. The van der Waals surface area contributed by atoms with Crippen molar-refractivity contribution in [2.24, 2.45) is 11.8 Å². The van der Waals surface area contributed by atoms with Gasteiger partial charge >= 0.3 is 5.97 Å². The zero-order valence-corrected chi connectivity index (χ0v) is 12.0. The smallest absolute Gasteiger partial charge is 0.311 e. The van der Waals surface area contributed by atoms with Crippen LogP contribution in [0.2, 0.25) is 0 Å². The predicted octanol–water partition coefficient (Wildman–Crippen LogP) is 3.25. The summed E-state index contributed by atoms with van der Waals surface area (Å²) >= 11 is 0. The molecule has 1 aliphatic rings. The van der Waals surface area contributed by atoms with E-state index in [0.29, 0.717) is 12.5 Å². The second-order valence-corrected chi connectivity index (χ2v) is 5.82. The lowest BCUT2D eigenvalue weighted by molar-refractivity contribution is -0.153. The Balaban J connectivity index is 1.92. The minimum Gasteiger partial charge on any atom is -0.462 e. The number of fused-ring (bicyclic) bond motifs is 1. The average molecular weight is 261 g/mol. The largest absolute Gasteiger partial charge is 0.462 e. The number of carbonyl (C=O) groups excluding carboxylic acids is 1. The van der Waals surface area contributed by atoms with Gasteiger partial charge in [0.1, 0.15) is 0 Å². The summed E-state index contributed by atoms with van der Waals surface area (Å²) < 4.78 is 5.54. The van der Waals surface area contributed by atoms with Gasteiger partial charge in [0.25, 0.3) is 0 Å². The van der Waals surface area contributed by atoms with Crippen molar-refractivity contribution in [3.05, 3.63) is 29.8 Å². The number of benzene rings is 1. The lowest BCUT2D eigenvalue weighted by atomic mass is 9.94. The van der Waals surface area contributed by atoms with Crippen molar-refractivity contribution in [1.82, 2.24) is 0 Å². The molecule has 104 valence electrons. The fourth-order valence-electron chi connectivity index (χ4n) is 2.61. The first kappa shape index (κ1) is 13.9. The normalized spacial score (nSPS) is 19.5. The molecular weight excluding hydrogens is 238 g/mol. The summed E-state index contributed by atoms with van der Waals surface area (Å²) in [5.74, 6) is 0.410. The molecule has 2 atom stereocenters. The molecule has 2 unspecified atom stereocenters. The van der Waals surface area contributed by atoms with Crippen molar-refractivity contribution in [2.45, 2.75) is 39.7 Å². The third-order valence-electron chi connectivity index (χ3n) is 3.48. The van der Waals surface area contributed by atoms with E-state index in [2.05, 4.69) is 31.3 Å². The van der Waals surface area contributed by atoms with Gasteiger partial charge in [-0.3, -0.25) is 4.79 Å². The van der Waals surface area contributed by atoms with Crippen molar-refractivity contribution < 1.29 is 9.53 Å². The lowest BCUT2D eigenvalue weighted by Gasteiger charge is -2.26. The minimum atomic E-state index is -0.0739. The molecule has 0 spiro atoms. The van der Waals surface area contributed by atoms with Crippen molar-refractivity contribution in [3.63, 3.8) is 0 Å². The molecule has 0 saturated carbocycles. The van der Waals surface area contributed by atoms with Gasteiger partial charge in [-0.05, 0) is 37.3 Å². The maximum atomic E-state index is 12.1. The Kier molecular flexibility index (Phi) is 4.46. The SMILES string of the molecule is CC(C)CC(C)OC(=O)C1CNc2ccccc2C1. The number of rotatable bonds is 4. The first-order valence-electron chi connectivity index (χ1n) is 7.08. The maximum Gasteiger partial charge on any atom is 0.311 e. The van der Waals surface area contributed by atoms with Crippen LogP contribution in [0.5, 0.6) is 0 Å². The van der Waals surface area contributed by atoms with E-state index in [0.717, 1.165) is 18.5 Å². The quantitative estimate of drug-likeness (QED) is 0.846. The van der Waals surface area contributed by atoms with Crippen molar-refractivity contribution in [3.8, 4) is 0 Å². The topological polar surface area (TPSA) is 38.3 Å². The molecule has 2 rings (SSSR count). The summed E-state index contributed by atoms with van der Waals surface area (Å²) in [6.45, 7) is 6.93. The Morgan fingerprint density at radius 1 is 1.37 bits per heavy atom. The van der Waals surface area contributed by atoms with Gasteiger partial charge in [-0.2, -0.15) is 0 Å². The van der Waals surface area contributed by atoms with Crippen LogP contribution in [0.25, 0.3) is 0 Å². The van der Waals surface area contributed by atoms with E-state index in [-0.39, 0.29) is 18.0 Å². The Bertz CT molecular complexity index is 442. The molecule has 0 amide bonds. The highest BCUT2D eigenvalue weighted by molar-refractivity contribution is 5.75. The minimum absolute atomic E-state index is 0.00432. The first-order chi connectivity index (χ1) is 9.06. The number of anilines is 1. The molecule has 1 aromatic carbocycles. The van der Waals surface area contributed by atoms with E-state index in [1.54, 1.807) is 0 Å². The summed E-state index contributed by atoms with van der Waals surface area (Å²) in [5.41, 5.74) is 2.34. The summed E-state index contributed by atoms with van der Waals surface area (Å²) in [6, 6.07) is 8.14. The van der Waals surface area contributed by atoms with E-state index < -0.39 is 0 Å². The summed E-state index contributed by atoms with van der Waals surface area (Å²) in [6.07, 6.45) is 1.70. The number of hydrogen-bond acceptors (Lipinski definition) is 3. The molecule has 3 nitrogen and oxygen atoms in total. The summed E-state index contributed by atoms with van der Waals surface area (Å²) in [7, 11) is 0. The molecule has 1 aliphatic heterocycles. The fourth-order valence-corrected chi connectivity index (χ4v) is 2.61. The first-order valence-corrected chi connectivity index (χ1v) is 7.08. The van der Waals surface area contributed by atoms with Crippen LogP contribution in [0, 0.1) is 11.8 Å². The molecule has 1 heterocycles. The Morgan fingerprint density at radius 3 is 2.84 bits per heavy atom. The van der Waals surface area contributed by atoms with Gasteiger partial charge in [0.05, 0.1) is 12.0 Å². The predicted molar refractivity (Wildman–Crippen MR) is 77.1 cm³/mol. The second kappa shape index (κ2) is 6.09. The number of carbonyl (C=O) groups is 1. The highest BCUT2D eigenvalue weighted by atomic mass is 16.5. The van der Waals surface area contributed by atoms with E-state index in [1.165, 1.54) is 5.56 Å². The van der Waals surface area contributed by atoms with Gasteiger partial charge in [-0.15, -0.1) is 0 Å². The van der Waals surface area contributed by atoms with Crippen LogP contribution in [0.3, 0.4) is 0 Å². The van der Waals surface area contributed by atoms with Crippen LogP contribution < -0.4 is 5.32 Å². The molecule has 0 aromatic heterocycles. The zero-order valence-electron chi connectivity index (χ0n) is 12.0. The van der Waals surface area contributed by atoms with E-state index in [1.807, 2.05) is 19.1 Å². The monoisotopic (exact) mass is 261 g/mol. The molecule has 0 bridgehead atoms. The van der Waals surface area contributed by atoms with Gasteiger partial charge in [0.15, 0.2) is 0 Å². The Hall–Kier alpha value is -1.51. The fraction of sp³-hybridized carbons (Fsp3) is 0.562. The molecule has 1 aromatic rings. The average Bonchev–Trinajstić information content (AvgIpc) is 2.37. The number of hydrogen-bond donors (Lipinski definition) is 1. The lowest BCUT2D eigenvalue weighted by Crippen LogP contribution is -2.33. The number of nitrogens with one attached hydrogen (secondary N) is 1.